The molecule has 1 aromatic heterocycles. The van der Waals surface area contributed by atoms with E-state index in [1.807, 2.05) is 12.1 Å². The fraction of sp³-hybridized carbons (Fsp3) is 0.545. The number of nitrogens with two attached hydrogens (primary N) is 1. The molecule has 0 bridgehead atoms. The minimum atomic E-state index is 0.617. The summed E-state index contributed by atoms with van der Waals surface area (Å²) in [6.07, 6.45) is 8.36. The molecule has 0 spiro atoms. The lowest BCUT2D eigenvalue weighted by molar-refractivity contribution is 0.463. The first-order valence-electron chi connectivity index (χ1n) is 5.58. The van der Waals surface area contributed by atoms with Gasteiger partial charge in [0.1, 0.15) is 5.82 Å². The van der Waals surface area contributed by atoms with E-state index in [0.29, 0.717) is 11.9 Å². The Hall–Kier alpha value is -1.29. The van der Waals surface area contributed by atoms with Crippen molar-refractivity contribution in [3.63, 3.8) is 0 Å². The van der Waals surface area contributed by atoms with Crippen LogP contribution in [-0.2, 0) is 0 Å². The molecule has 1 aliphatic rings. The summed E-state index contributed by atoms with van der Waals surface area (Å²) in [6.45, 7) is 0. The highest BCUT2D eigenvalue weighted by molar-refractivity contribution is 5.51. The van der Waals surface area contributed by atoms with Crippen molar-refractivity contribution in [2.24, 2.45) is 5.84 Å². The lowest BCUT2D eigenvalue weighted by atomic mass is 9.95. The largest absolute Gasteiger partial charge is 0.382 e. The van der Waals surface area contributed by atoms with Crippen molar-refractivity contribution >= 4 is 11.5 Å². The van der Waals surface area contributed by atoms with Crippen LogP contribution < -0.4 is 16.6 Å². The van der Waals surface area contributed by atoms with E-state index < -0.39 is 0 Å². The first-order valence-corrected chi connectivity index (χ1v) is 5.58. The lowest BCUT2D eigenvalue weighted by Crippen LogP contribution is -2.22. The first kappa shape index (κ1) is 10.2. The predicted molar refractivity (Wildman–Crippen MR) is 62.5 cm³/mol. The van der Waals surface area contributed by atoms with E-state index in [2.05, 4.69) is 15.7 Å². The highest BCUT2D eigenvalue weighted by Crippen LogP contribution is 2.22. The van der Waals surface area contributed by atoms with E-state index in [9.17, 15) is 0 Å². The Balaban J connectivity index is 1.96. The smallest absolute Gasteiger partial charge is 0.141 e. The average Bonchev–Trinajstić information content (AvgIpc) is 2.31. The van der Waals surface area contributed by atoms with Gasteiger partial charge in [-0.05, 0) is 18.9 Å². The molecule has 1 heterocycles. The molecule has 1 aliphatic carbocycles. The normalized spacial score (nSPS) is 17.4. The van der Waals surface area contributed by atoms with Crippen LogP contribution in [0.3, 0.4) is 0 Å². The van der Waals surface area contributed by atoms with Crippen LogP contribution in [0.25, 0.3) is 0 Å². The summed E-state index contributed by atoms with van der Waals surface area (Å²) >= 11 is 0. The molecule has 0 atom stereocenters. The average molecular weight is 206 g/mol. The summed E-state index contributed by atoms with van der Waals surface area (Å²) in [4.78, 5) is 4.07. The lowest BCUT2D eigenvalue weighted by Gasteiger charge is -2.23. The third-order valence-electron chi connectivity index (χ3n) is 2.88. The summed E-state index contributed by atoms with van der Waals surface area (Å²) in [6, 6.07) is 4.54. The Labute approximate surface area is 90.2 Å². The second-order valence-corrected chi connectivity index (χ2v) is 4.05. The Morgan fingerprint density at radius 1 is 1.27 bits per heavy atom. The number of hydrazine groups is 1. The van der Waals surface area contributed by atoms with Crippen LogP contribution in [0.1, 0.15) is 32.1 Å². The molecule has 0 aliphatic heterocycles. The summed E-state index contributed by atoms with van der Waals surface area (Å²) in [5.41, 5.74) is 3.66. The number of hydrogen-bond acceptors (Lipinski definition) is 4. The summed E-state index contributed by atoms with van der Waals surface area (Å²) < 4.78 is 0. The zero-order chi connectivity index (χ0) is 10.5. The SMILES string of the molecule is NNc1cc(NC2CCCCC2)ccn1. The maximum Gasteiger partial charge on any atom is 0.141 e. The van der Waals surface area contributed by atoms with Crippen molar-refractivity contribution in [1.29, 1.82) is 0 Å². The Kier molecular flexibility index (Phi) is 3.40. The molecular formula is C11H18N4. The Bertz CT molecular complexity index is 307. The van der Waals surface area contributed by atoms with Crippen LogP contribution in [0.5, 0.6) is 0 Å². The van der Waals surface area contributed by atoms with E-state index in [4.69, 9.17) is 5.84 Å². The number of nitrogens with one attached hydrogen (secondary N) is 2. The van der Waals surface area contributed by atoms with Crippen molar-refractivity contribution in [1.82, 2.24) is 4.98 Å². The predicted octanol–water partition coefficient (Wildman–Crippen LogP) is 2.11. The number of pyridine rings is 1. The van der Waals surface area contributed by atoms with Gasteiger partial charge in [-0.15, -0.1) is 0 Å². The molecule has 2 rings (SSSR count). The molecule has 0 amide bonds. The van der Waals surface area contributed by atoms with Crippen molar-refractivity contribution in [2.75, 3.05) is 10.7 Å². The van der Waals surface area contributed by atoms with Gasteiger partial charge in [-0.1, -0.05) is 19.3 Å². The molecule has 4 heteroatoms. The number of nitrogen functional groups attached to an aromatic ring is 1. The van der Waals surface area contributed by atoms with Gasteiger partial charge in [0.25, 0.3) is 0 Å². The monoisotopic (exact) mass is 206 g/mol. The number of hydrogen-bond donors (Lipinski definition) is 3. The van der Waals surface area contributed by atoms with E-state index in [1.165, 1.54) is 32.1 Å². The van der Waals surface area contributed by atoms with Gasteiger partial charge in [-0.2, -0.15) is 0 Å². The molecule has 0 aromatic carbocycles. The number of aromatic nitrogens is 1. The van der Waals surface area contributed by atoms with Gasteiger partial charge >= 0.3 is 0 Å². The highest BCUT2D eigenvalue weighted by Gasteiger charge is 2.12. The molecule has 0 unspecified atom stereocenters. The minimum absolute atomic E-state index is 0.617. The third-order valence-corrected chi connectivity index (χ3v) is 2.88. The fourth-order valence-corrected chi connectivity index (χ4v) is 2.08. The van der Waals surface area contributed by atoms with E-state index in [1.54, 1.807) is 6.20 Å². The fourth-order valence-electron chi connectivity index (χ4n) is 2.08. The minimum Gasteiger partial charge on any atom is -0.382 e. The summed E-state index contributed by atoms with van der Waals surface area (Å²) in [7, 11) is 0. The number of rotatable bonds is 3. The maximum absolute atomic E-state index is 5.31. The molecule has 0 radical (unpaired) electrons. The van der Waals surface area contributed by atoms with E-state index >= 15 is 0 Å². The molecule has 15 heavy (non-hydrogen) atoms. The Morgan fingerprint density at radius 2 is 2.07 bits per heavy atom. The van der Waals surface area contributed by atoms with Gasteiger partial charge in [0.05, 0.1) is 0 Å². The van der Waals surface area contributed by atoms with Crippen LogP contribution in [0.4, 0.5) is 11.5 Å². The van der Waals surface area contributed by atoms with E-state index in [-0.39, 0.29) is 0 Å². The van der Waals surface area contributed by atoms with Crippen molar-refractivity contribution in [3.8, 4) is 0 Å². The van der Waals surface area contributed by atoms with Gasteiger partial charge in [-0.3, -0.25) is 0 Å². The van der Waals surface area contributed by atoms with Crippen LogP contribution in [0.15, 0.2) is 18.3 Å². The second kappa shape index (κ2) is 4.98. The van der Waals surface area contributed by atoms with Crippen molar-refractivity contribution in [3.05, 3.63) is 18.3 Å². The quantitative estimate of drug-likeness (QED) is 0.523. The maximum atomic E-state index is 5.31. The molecule has 1 aromatic rings. The second-order valence-electron chi connectivity index (χ2n) is 4.05. The van der Waals surface area contributed by atoms with Crippen molar-refractivity contribution in [2.45, 2.75) is 38.1 Å². The van der Waals surface area contributed by atoms with Gasteiger partial charge < -0.3 is 10.7 Å². The van der Waals surface area contributed by atoms with E-state index in [0.717, 1.165) is 5.69 Å². The standard InChI is InChI=1S/C11H18N4/c12-15-11-8-10(6-7-13-11)14-9-4-2-1-3-5-9/h6-9H,1-5,12H2,(H2,13,14,15). The zero-order valence-electron chi connectivity index (χ0n) is 8.87. The number of nitrogens with zero attached hydrogens (tertiary/aromatic N) is 1. The molecule has 1 saturated carbocycles. The Morgan fingerprint density at radius 3 is 2.80 bits per heavy atom. The van der Waals surface area contributed by atoms with Gasteiger partial charge in [0.2, 0.25) is 0 Å². The van der Waals surface area contributed by atoms with Crippen LogP contribution in [0.2, 0.25) is 0 Å². The van der Waals surface area contributed by atoms with Crippen LogP contribution >= 0.6 is 0 Å². The molecular weight excluding hydrogens is 188 g/mol. The molecule has 82 valence electrons. The third kappa shape index (κ3) is 2.83. The molecule has 0 saturated heterocycles. The molecule has 4 N–H and O–H groups in total. The van der Waals surface area contributed by atoms with Crippen LogP contribution in [0, 0.1) is 0 Å². The van der Waals surface area contributed by atoms with Gasteiger partial charge in [0, 0.05) is 24.0 Å². The molecule has 1 fully saturated rings. The number of anilines is 2. The highest BCUT2D eigenvalue weighted by atomic mass is 15.2. The van der Waals surface area contributed by atoms with Gasteiger partial charge in [0.15, 0.2) is 0 Å². The summed E-state index contributed by atoms with van der Waals surface area (Å²) in [5.74, 6) is 6.02. The topological polar surface area (TPSA) is 63.0 Å². The first-order chi connectivity index (χ1) is 7.38. The van der Waals surface area contributed by atoms with Gasteiger partial charge in [-0.25, -0.2) is 10.8 Å². The van der Waals surface area contributed by atoms with Crippen LogP contribution in [-0.4, -0.2) is 11.0 Å². The van der Waals surface area contributed by atoms with Crippen molar-refractivity contribution < 1.29 is 0 Å². The zero-order valence-corrected chi connectivity index (χ0v) is 8.87. The molecule has 4 nitrogen and oxygen atoms in total. The summed E-state index contributed by atoms with van der Waals surface area (Å²) in [5, 5.41) is 3.52.